The Labute approximate surface area is 133 Å². The van der Waals surface area contributed by atoms with Crippen molar-refractivity contribution in [2.45, 2.75) is 25.8 Å². The lowest BCUT2D eigenvalue weighted by Crippen LogP contribution is -3.07. The van der Waals surface area contributed by atoms with Gasteiger partial charge < -0.3 is 10.2 Å². The van der Waals surface area contributed by atoms with Crippen molar-refractivity contribution in [2.75, 3.05) is 19.4 Å². The molecule has 0 aliphatic rings. The molecule has 0 saturated carbocycles. The van der Waals surface area contributed by atoms with E-state index in [1.165, 1.54) is 5.56 Å². The number of hydrogen-bond acceptors (Lipinski definition) is 1. The summed E-state index contributed by atoms with van der Waals surface area (Å²) in [5, 5.41) is 3.03. The lowest BCUT2D eigenvalue weighted by molar-refractivity contribution is -0.881. The highest BCUT2D eigenvalue weighted by molar-refractivity contribution is 5.94. The van der Waals surface area contributed by atoms with Crippen LogP contribution in [-0.2, 0) is 4.79 Å². The van der Waals surface area contributed by atoms with E-state index < -0.39 is 0 Å². The van der Waals surface area contributed by atoms with E-state index in [-0.39, 0.29) is 11.9 Å². The lowest BCUT2D eigenvalue weighted by atomic mass is 10.0. The number of carbonyl (C=O) groups is 1. The number of hydrogen-bond donors (Lipinski definition) is 2. The van der Waals surface area contributed by atoms with E-state index >= 15 is 0 Å². The van der Waals surface area contributed by atoms with Gasteiger partial charge in [-0.2, -0.15) is 0 Å². The second kappa shape index (κ2) is 7.23. The van der Waals surface area contributed by atoms with Gasteiger partial charge >= 0.3 is 0 Å². The van der Waals surface area contributed by atoms with Gasteiger partial charge in [0.25, 0.3) is 5.91 Å². The van der Waals surface area contributed by atoms with Gasteiger partial charge in [0.05, 0.1) is 14.1 Å². The van der Waals surface area contributed by atoms with Crippen molar-refractivity contribution in [3.05, 3.63) is 65.7 Å². The van der Waals surface area contributed by atoms with Crippen molar-refractivity contribution < 1.29 is 9.69 Å². The van der Waals surface area contributed by atoms with Gasteiger partial charge in [0, 0.05) is 11.3 Å². The largest absolute Gasteiger partial charge is 0.326 e. The maximum atomic E-state index is 12.6. The van der Waals surface area contributed by atoms with Crippen LogP contribution in [0.2, 0.25) is 0 Å². The zero-order valence-corrected chi connectivity index (χ0v) is 13.8. The summed E-state index contributed by atoms with van der Waals surface area (Å²) in [6, 6.07) is 17.8. The normalized spacial score (nSPS) is 12.5. The Morgan fingerprint density at radius 1 is 0.909 bits per heavy atom. The summed E-state index contributed by atoms with van der Waals surface area (Å²) < 4.78 is 0. The van der Waals surface area contributed by atoms with Crippen molar-refractivity contribution in [1.29, 1.82) is 0 Å². The number of benzene rings is 2. The minimum Gasteiger partial charge on any atom is -0.326 e. The number of carbonyl (C=O) groups excluding carboxylic acids is 1. The standard InChI is InChI=1S/C19H24N2O/c1-14(2)15-10-12-17(13-11-15)20-19(22)18(21(3)4)16-8-6-5-7-9-16/h5-14,18H,1-4H3,(H,20,22)/p+1. The molecule has 0 fully saturated rings. The van der Waals surface area contributed by atoms with Gasteiger partial charge in [-0.05, 0) is 23.6 Å². The third-order valence-electron chi connectivity index (χ3n) is 3.82. The van der Waals surface area contributed by atoms with E-state index in [0.29, 0.717) is 5.92 Å². The molecule has 2 rings (SSSR count). The molecule has 0 saturated heterocycles. The molecule has 22 heavy (non-hydrogen) atoms. The molecule has 1 unspecified atom stereocenters. The van der Waals surface area contributed by atoms with Gasteiger partial charge in [-0.1, -0.05) is 56.3 Å². The van der Waals surface area contributed by atoms with Gasteiger partial charge in [0.1, 0.15) is 0 Å². The van der Waals surface area contributed by atoms with Crippen LogP contribution in [0.3, 0.4) is 0 Å². The molecule has 116 valence electrons. The summed E-state index contributed by atoms with van der Waals surface area (Å²) >= 11 is 0. The van der Waals surface area contributed by atoms with E-state index in [0.717, 1.165) is 16.2 Å². The third kappa shape index (κ3) is 3.95. The van der Waals surface area contributed by atoms with Crippen molar-refractivity contribution in [3.63, 3.8) is 0 Å². The van der Waals surface area contributed by atoms with Gasteiger partial charge in [-0.15, -0.1) is 0 Å². The Kier molecular flexibility index (Phi) is 5.34. The minimum absolute atomic E-state index is 0.0171. The molecule has 3 heteroatoms. The minimum atomic E-state index is -0.217. The van der Waals surface area contributed by atoms with Crippen LogP contribution in [0.25, 0.3) is 0 Å². The third-order valence-corrected chi connectivity index (χ3v) is 3.82. The van der Waals surface area contributed by atoms with E-state index in [2.05, 4.69) is 31.3 Å². The Balaban J connectivity index is 2.15. The molecule has 1 atom stereocenters. The summed E-state index contributed by atoms with van der Waals surface area (Å²) in [5.74, 6) is 0.511. The molecule has 0 aromatic heterocycles. The monoisotopic (exact) mass is 297 g/mol. The highest BCUT2D eigenvalue weighted by Gasteiger charge is 2.26. The first-order chi connectivity index (χ1) is 10.5. The van der Waals surface area contributed by atoms with Crippen LogP contribution in [0.5, 0.6) is 0 Å². The predicted molar refractivity (Wildman–Crippen MR) is 91.2 cm³/mol. The fourth-order valence-corrected chi connectivity index (χ4v) is 2.56. The number of anilines is 1. The number of nitrogens with one attached hydrogen (secondary N) is 2. The Hall–Kier alpha value is -2.13. The SMILES string of the molecule is CC(C)c1ccc(NC(=O)C(c2ccccc2)[NH+](C)C)cc1. The molecule has 0 heterocycles. The molecule has 2 aromatic carbocycles. The second-order valence-electron chi connectivity index (χ2n) is 6.19. The zero-order chi connectivity index (χ0) is 16.1. The van der Waals surface area contributed by atoms with Gasteiger partial charge in [-0.25, -0.2) is 0 Å². The number of likely N-dealkylation sites (N-methyl/N-ethyl adjacent to an activating group) is 1. The smallest absolute Gasteiger partial charge is 0.287 e. The van der Waals surface area contributed by atoms with Crippen LogP contribution >= 0.6 is 0 Å². The molecule has 1 amide bonds. The first kappa shape index (κ1) is 16.2. The molecule has 0 spiro atoms. The Morgan fingerprint density at radius 3 is 2.00 bits per heavy atom. The fourth-order valence-electron chi connectivity index (χ4n) is 2.56. The van der Waals surface area contributed by atoms with Crippen molar-refractivity contribution >= 4 is 11.6 Å². The number of quaternary nitrogens is 1. The average Bonchev–Trinajstić information content (AvgIpc) is 2.48. The molecule has 2 N–H and O–H groups in total. The summed E-state index contributed by atoms with van der Waals surface area (Å²) in [7, 11) is 4.00. The quantitative estimate of drug-likeness (QED) is 0.874. The van der Waals surface area contributed by atoms with E-state index in [4.69, 9.17) is 0 Å². The van der Waals surface area contributed by atoms with Gasteiger partial charge in [0.2, 0.25) is 0 Å². The molecular formula is C19H25N2O+. The van der Waals surface area contributed by atoms with Crippen molar-refractivity contribution in [1.82, 2.24) is 0 Å². The molecule has 0 aliphatic heterocycles. The lowest BCUT2D eigenvalue weighted by Gasteiger charge is -2.21. The summed E-state index contributed by atoms with van der Waals surface area (Å²) in [4.78, 5) is 13.7. The Bertz CT molecular complexity index is 603. The van der Waals surface area contributed by atoms with Gasteiger partial charge in [-0.3, -0.25) is 4.79 Å². The first-order valence-corrected chi connectivity index (χ1v) is 7.75. The summed E-state index contributed by atoms with van der Waals surface area (Å²) in [5.41, 5.74) is 3.14. The molecular weight excluding hydrogens is 272 g/mol. The fraction of sp³-hybridized carbons (Fsp3) is 0.316. The molecule has 3 nitrogen and oxygen atoms in total. The molecule has 0 aliphatic carbocycles. The predicted octanol–water partition coefficient (Wildman–Crippen LogP) is 2.63. The zero-order valence-electron chi connectivity index (χ0n) is 13.8. The highest BCUT2D eigenvalue weighted by atomic mass is 16.2. The van der Waals surface area contributed by atoms with Crippen LogP contribution in [0.1, 0.15) is 36.9 Å². The van der Waals surface area contributed by atoms with Crippen molar-refractivity contribution in [3.8, 4) is 0 Å². The number of amides is 1. The summed E-state index contributed by atoms with van der Waals surface area (Å²) in [6.45, 7) is 4.32. The van der Waals surface area contributed by atoms with Crippen LogP contribution in [0, 0.1) is 0 Å². The maximum Gasteiger partial charge on any atom is 0.287 e. The molecule has 2 aromatic rings. The average molecular weight is 297 g/mol. The Morgan fingerprint density at radius 2 is 1.50 bits per heavy atom. The number of rotatable bonds is 5. The van der Waals surface area contributed by atoms with E-state index in [9.17, 15) is 4.79 Å². The molecule has 0 radical (unpaired) electrons. The van der Waals surface area contributed by atoms with E-state index in [1.807, 2.05) is 56.6 Å². The van der Waals surface area contributed by atoms with Crippen molar-refractivity contribution in [2.24, 2.45) is 0 Å². The van der Waals surface area contributed by atoms with E-state index in [1.54, 1.807) is 0 Å². The highest BCUT2D eigenvalue weighted by Crippen LogP contribution is 2.18. The van der Waals surface area contributed by atoms with Gasteiger partial charge in [0.15, 0.2) is 6.04 Å². The first-order valence-electron chi connectivity index (χ1n) is 7.75. The summed E-state index contributed by atoms with van der Waals surface area (Å²) in [6.07, 6.45) is 0. The topological polar surface area (TPSA) is 33.5 Å². The van der Waals surface area contributed by atoms with Crippen LogP contribution < -0.4 is 10.2 Å². The second-order valence-corrected chi connectivity index (χ2v) is 6.19. The molecule has 0 bridgehead atoms. The maximum absolute atomic E-state index is 12.6. The van der Waals surface area contributed by atoms with Crippen LogP contribution in [-0.4, -0.2) is 20.0 Å². The van der Waals surface area contributed by atoms with Crippen LogP contribution in [0.4, 0.5) is 5.69 Å². The van der Waals surface area contributed by atoms with Crippen LogP contribution in [0.15, 0.2) is 54.6 Å².